The van der Waals surface area contributed by atoms with Crippen molar-refractivity contribution >= 4 is 77.1 Å². The van der Waals surface area contributed by atoms with Gasteiger partial charge in [0.25, 0.3) is 0 Å². The van der Waals surface area contributed by atoms with Crippen LogP contribution in [0, 0.1) is 23.7 Å². The Morgan fingerprint density at radius 3 is 0.947 bits per heavy atom. The maximum Gasteiger partial charge on any atom is 0.338 e. The van der Waals surface area contributed by atoms with Crippen LogP contribution in [0.25, 0.3) is 0 Å². The third kappa shape index (κ3) is 41.9. The van der Waals surface area contributed by atoms with E-state index in [9.17, 15) is 134 Å². The molecule has 4 saturated heterocycles. The quantitative estimate of drug-likeness (QED) is 0.0164. The molecule has 150 heavy (non-hydrogen) atoms. The van der Waals surface area contributed by atoms with E-state index in [-0.39, 0.29) is 175 Å². The van der Waals surface area contributed by atoms with Crippen molar-refractivity contribution in [3.05, 3.63) is 23.8 Å². The first-order valence-corrected chi connectivity index (χ1v) is 49.1. The molecule has 1 aromatic carbocycles. The molecule has 856 valence electrons. The fourth-order valence-electron chi connectivity index (χ4n) is 16.7. The van der Waals surface area contributed by atoms with Gasteiger partial charge in [-0.2, -0.15) is 0 Å². The molecule has 58 nitrogen and oxygen atoms in total. The van der Waals surface area contributed by atoms with Gasteiger partial charge in [0.2, 0.25) is 47.3 Å². The lowest BCUT2D eigenvalue weighted by molar-refractivity contribution is -0.350. The minimum atomic E-state index is -1.97. The number of rotatable bonds is 69. The topological polar surface area (TPSA) is 814 Å². The number of aliphatic hydroxyl groups excluding tert-OH is 12. The smallest absolute Gasteiger partial charge is 0.338 e. The van der Waals surface area contributed by atoms with Crippen molar-refractivity contribution < 1.29 is 243 Å². The molecule has 58 heteroatoms. The zero-order valence-corrected chi connectivity index (χ0v) is 84.5. The zero-order chi connectivity index (χ0) is 110. The first-order valence-electron chi connectivity index (χ1n) is 49.1. The number of aliphatic hydroxyl groups is 12. The lowest BCUT2D eigenvalue weighted by atomic mass is 9.75. The number of benzene rings is 1. The minimum Gasteiger partial charge on any atom is -0.492 e. The molecule has 2 aliphatic carbocycles. The number of carboxylic acids is 2. The molecule has 4 aliphatic heterocycles. The average Bonchev–Trinajstić information content (AvgIpc) is 0.771. The summed E-state index contributed by atoms with van der Waals surface area (Å²) in [7, 11) is 3.37. The molecule has 6 fully saturated rings. The Hall–Kier alpha value is -9.27. The first-order chi connectivity index (χ1) is 71.8. The Morgan fingerprint density at radius 2 is 0.640 bits per heavy atom. The van der Waals surface area contributed by atoms with Gasteiger partial charge in [0.1, 0.15) is 149 Å². The van der Waals surface area contributed by atoms with Gasteiger partial charge in [0, 0.05) is 72.5 Å². The van der Waals surface area contributed by atoms with Crippen LogP contribution in [0.15, 0.2) is 18.2 Å². The summed E-state index contributed by atoms with van der Waals surface area (Å²) in [5.74, 6) is -14.4. The number of aliphatic carboxylic acids is 2. The molecule has 0 unspecified atom stereocenters. The Bertz CT molecular complexity index is 4020. The van der Waals surface area contributed by atoms with Crippen LogP contribution < -0.4 is 52.0 Å². The predicted octanol–water partition coefficient (Wildman–Crippen LogP) is -11.0. The average molecular weight is 2170 g/mol. The molecule has 2 saturated carbocycles. The number of esters is 3. The third-order valence-corrected chi connectivity index (χ3v) is 24.4. The number of ether oxygens (including phenoxy) is 23. The minimum absolute atomic E-state index is 0.00202. The second kappa shape index (κ2) is 68.1. The number of amides is 8. The number of carboxylic acid groups (broad SMARTS) is 2. The van der Waals surface area contributed by atoms with Crippen LogP contribution in [-0.4, -0.2) is 514 Å². The first kappa shape index (κ1) is 128. The van der Waals surface area contributed by atoms with Crippen molar-refractivity contribution in [1.29, 1.82) is 0 Å². The van der Waals surface area contributed by atoms with Crippen molar-refractivity contribution in [3.63, 3.8) is 0 Å². The van der Waals surface area contributed by atoms with Crippen molar-refractivity contribution in [2.75, 3.05) is 206 Å². The molecule has 8 amide bonds. The summed E-state index contributed by atoms with van der Waals surface area (Å²) in [4.78, 5) is 166. The van der Waals surface area contributed by atoms with Gasteiger partial charge in [-0.05, 0) is 77.3 Å². The van der Waals surface area contributed by atoms with E-state index < -0.39 is 313 Å². The van der Waals surface area contributed by atoms with Gasteiger partial charge in [0.05, 0.1) is 167 Å². The van der Waals surface area contributed by atoms with Gasteiger partial charge in [-0.1, -0.05) is 0 Å². The highest BCUT2D eigenvalue weighted by Crippen LogP contribution is 2.42. The molecule has 0 aromatic heterocycles. The van der Waals surface area contributed by atoms with Gasteiger partial charge in [-0.15, -0.1) is 0 Å². The van der Waals surface area contributed by atoms with Crippen molar-refractivity contribution in [1.82, 2.24) is 42.5 Å². The largest absolute Gasteiger partial charge is 0.492 e. The summed E-state index contributed by atoms with van der Waals surface area (Å²) in [5.41, 5.74) is 0.0746. The van der Waals surface area contributed by atoms with Crippen molar-refractivity contribution in [2.45, 2.75) is 238 Å². The Balaban J connectivity index is 0.667. The van der Waals surface area contributed by atoms with Crippen LogP contribution >= 0.6 is 0 Å². The molecule has 6 aliphatic rings. The summed E-state index contributed by atoms with van der Waals surface area (Å²) in [5, 5.41) is 167. The summed E-state index contributed by atoms with van der Waals surface area (Å²) in [6.45, 7) is 2.56. The maximum absolute atomic E-state index is 13.9. The van der Waals surface area contributed by atoms with Crippen molar-refractivity contribution in [3.8, 4) is 11.5 Å². The van der Waals surface area contributed by atoms with Crippen LogP contribution in [0.3, 0.4) is 0 Å². The number of hydrogen-bond donors (Lipinski definition) is 22. The number of carbonyl (C=O) groups excluding carboxylic acids is 11. The maximum atomic E-state index is 13.9. The van der Waals surface area contributed by atoms with E-state index in [1.165, 1.54) is 39.2 Å². The lowest BCUT2D eigenvalue weighted by Crippen LogP contribution is -2.68. The van der Waals surface area contributed by atoms with Crippen LogP contribution in [0.5, 0.6) is 11.5 Å². The van der Waals surface area contributed by atoms with E-state index in [0.717, 1.165) is 28.1 Å². The summed E-state index contributed by atoms with van der Waals surface area (Å²) >= 11 is 0. The summed E-state index contributed by atoms with van der Waals surface area (Å²) in [6, 6.07) is 1.17. The van der Waals surface area contributed by atoms with Crippen molar-refractivity contribution in [2.24, 2.45) is 23.7 Å². The molecule has 30 atom stereocenters. The summed E-state index contributed by atoms with van der Waals surface area (Å²) < 4.78 is 130. The van der Waals surface area contributed by atoms with Crippen LogP contribution in [0.4, 0.5) is 0 Å². The second-order valence-electron chi connectivity index (χ2n) is 35.5. The summed E-state index contributed by atoms with van der Waals surface area (Å²) in [6.07, 6.45) is -39.4. The highest BCUT2D eigenvalue weighted by molar-refractivity contribution is 5.90. The van der Waals surface area contributed by atoms with E-state index in [0.29, 0.717) is 25.7 Å². The van der Waals surface area contributed by atoms with Gasteiger partial charge >= 0.3 is 29.8 Å². The van der Waals surface area contributed by atoms with Crippen LogP contribution in [0.2, 0.25) is 0 Å². The molecule has 7 rings (SSSR count). The van der Waals surface area contributed by atoms with E-state index in [1.807, 2.05) is 0 Å². The molecule has 22 N–H and O–H groups in total. The molecule has 0 bridgehead atoms. The molecule has 0 spiro atoms. The Kier molecular flexibility index (Phi) is 57.9. The normalized spacial score (nSPS) is 29.2. The zero-order valence-electron chi connectivity index (χ0n) is 84.5. The molecule has 4 heterocycles. The Morgan fingerprint density at radius 1 is 0.340 bits per heavy atom. The van der Waals surface area contributed by atoms with Crippen LogP contribution in [-0.2, 0) is 157 Å². The fraction of sp³-hybridized carbons (Fsp3) is 0.793. The van der Waals surface area contributed by atoms with Gasteiger partial charge in [-0.3, -0.25) is 47.9 Å². The number of nitrogens with one attached hydrogen (secondary N) is 8. The third-order valence-electron chi connectivity index (χ3n) is 24.4. The number of carbonyl (C=O) groups is 13. The highest BCUT2D eigenvalue weighted by atomic mass is 16.8. The second-order valence-corrected chi connectivity index (χ2v) is 35.5. The van der Waals surface area contributed by atoms with Crippen LogP contribution in [0.1, 0.15) is 89.4 Å². The predicted molar refractivity (Wildman–Crippen MR) is 498 cm³/mol. The van der Waals surface area contributed by atoms with Gasteiger partial charge in [-0.25, -0.2) is 14.4 Å². The molecular weight excluding hydrogens is 2020 g/mol. The molecule has 1 aromatic rings. The van der Waals surface area contributed by atoms with E-state index in [1.54, 1.807) is 0 Å². The van der Waals surface area contributed by atoms with E-state index in [4.69, 9.17) is 109 Å². The molecule has 0 radical (unpaired) electrons. The standard InChI is InChI=1S/C92H148N8O50/c1-47(84(121)122)141-58-35-54(56(87(126)129-6)37-60(58)143-89-70(99-49(3)105)80(74(113)64(41-103)145-89)149-91-78(117)76(115)72(111)62(39-101)147-91)82(119)97-14-10-20-133-26-30-135-28-24-131-18-8-12-93-66(107)43-137-45-68(109)95-16-22-139-52-32-51(86(125)128-5)33-53(34-52)140-23-17-96-69(110)46-138-44-67(108)94-13-9-19-132-25-29-136-31-27-134-21-11-15-98-83(120)55-36-59(142-48(2)85(123)124)61(38-57(55)88(127)130-7)144-90-71(100-50(4)106)81(75(114)65(42-104)146-90)150-92-79(118)77(116)73(112)63(40-102)148-92/h32-34,47-48,54-65,70-81,89-92,101-104,111-118H,8-31,35-46H2,1-7H3,(H,93,107)(H,94,108)(H,95,109)(H,96,110)(H,97,119)(H,98,120)(H,99,105)(H,100,106)(H,121,122)(H,123,124)/t47-,48-,54+,55+,56+,57+,58-,59-,60+,61+,62-,63-,64-,65-,70-,71-,72+,73+,74+,75+,76+,77+,78-,79-,80-,81-,89-,90-,91+,92+/m1/s1. The Labute approximate surface area is 862 Å². The number of hydrogen-bond acceptors (Lipinski definition) is 48. The van der Waals surface area contributed by atoms with E-state index in [2.05, 4.69) is 42.5 Å². The lowest BCUT2D eigenvalue weighted by Gasteiger charge is -2.49. The molecular formula is C92H148N8O50. The monoisotopic (exact) mass is 2160 g/mol. The SMILES string of the molecule is COC(=O)c1cc(OCCNC(=O)COCC(=O)NCCCOCCOCCOCCCNC(=O)[C@H]2C[C@@H](O[C@H](C)C(=O)O)[C@@H](O[C@@H]3O[C@H](CO)[C@H](O)[C@H](O[C@@H]4O[C@H](CO)[C@H](O)[C@H](O)[C@H]4O)[C@H]3NC(C)=O)C[C@@H]2C(=O)OC)cc(OCCNC(=O)COCC(=O)NCCCOCCOCCOCCCNC(=O)[C@H]2C[C@@H](O[C@H](C)C(=O)O)[C@@H](O[C@@H]3O[C@H](CO)[C@H](O)[C@H](O[C@@H]4O[C@H](CO)[C@H](O)[C@H](O)[C@H]4O)[C@H]3NC(C)=O)C[C@@H]2C(=O)OC)c1. The van der Waals surface area contributed by atoms with E-state index >= 15 is 0 Å². The highest BCUT2D eigenvalue weighted by Gasteiger charge is 2.58. The van der Waals surface area contributed by atoms with Gasteiger partial charge in [0.15, 0.2) is 37.4 Å². The number of methoxy groups -OCH3 is 3. The fourth-order valence-corrected chi connectivity index (χ4v) is 16.7. The van der Waals surface area contributed by atoms with Gasteiger partial charge < -0.3 is 223 Å².